The number of nitrogens with zero attached hydrogens (tertiary/aromatic N) is 1. The molecule has 0 aliphatic rings. The zero-order chi connectivity index (χ0) is 25.4. The third kappa shape index (κ3) is 7.33. The largest absolute Gasteiger partial charge is 0.378 e. The Morgan fingerprint density at radius 2 is 1.40 bits per heavy atom. The van der Waals surface area contributed by atoms with Crippen LogP contribution in [-0.2, 0) is 6.54 Å². The number of amides is 2. The molecule has 0 aliphatic heterocycles. The molecule has 0 radical (unpaired) electrons. The topological polar surface area (TPSA) is 56.4 Å². The summed E-state index contributed by atoms with van der Waals surface area (Å²) in [5, 5.41) is 9.88. The van der Waals surface area contributed by atoms with Gasteiger partial charge in [-0.2, -0.15) is 0 Å². The maximum atomic E-state index is 13.0. The van der Waals surface area contributed by atoms with Crippen LogP contribution in [0.2, 0.25) is 0 Å². The molecule has 1 atom stereocenters. The normalized spacial score (nSPS) is 12.0. The maximum absolute atomic E-state index is 13.0. The number of nitrogens with one attached hydrogen (secondary N) is 3. The van der Waals surface area contributed by atoms with Crippen molar-refractivity contribution in [2.24, 2.45) is 0 Å². The molecule has 0 saturated heterocycles. The van der Waals surface area contributed by atoms with Gasteiger partial charge in [-0.05, 0) is 46.2 Å². The van der Waals surface area contributed by atoms with E-state index in [2.05, 4.69) is 103 Å². The molecule has 0 heterocycles. The highest BCUT2D eigenvalue weighted by Gasteiger charge is 2.17. The molecule has 3 aromatic rings. The van der Waals surface area contributed by atoms with Crippen LogP contribution in [0.15, 0.2) is 72.8 Å². The molecule has 3 N–H and O–H groups in total. The molecule has 0 spiro atoms. The number of carbonyl (C=O) groups is 1. The Bertz CT molecular complexity index is 1050. The van der Waals surface area contributed by atoms with E-state index in [4.69, 9.17) is 0 Å². The molecule has 5 heteroatoms. The number of anilines is 2. The lowest BCUT2D eigenvalue weighted by molar-refractivity contribution is 0.250. The predicted molar refractivity (Wildman–Crippen MR) is 148 cm³/mol. The second kappa shape index (κ2) is 12.4. The zero-order valence-electron chi connectivity index (χ0n) is 21.9. The second-order valence-corrected chi connectivity index (χ2v) is 9.86. The highest BCUT2D eigenvalue weighted by molar-refractivity contribution is 5.91. The number of hydrogen-bond donors (Lipinski definition) is 3. The van der Waals surface area contributed by atoms with Gasteiger partial charge in [-0.25, -0.2) is 4.79 Å². The van der Waals surface area contributed by atoms with E-state index < -0.39 is 0 Å². The van der Waals surface area contributed by atoms with Gasteiger partial charge in [0, 0.05) is 44.6 Å². The number of rotatable bonds is 10. The summed E-state index contributed by atoms with van der Waals surface area (Å²) in [6.45, 7) is 9.81. The third-order valence-corrected chi connectivity index (χ3v) is 6.29. The summed E-state index contributed by atoms with van der Waals surface area (Å²) < 4.78 is 0. The molecule has 3 aromatic carbocycles. The van der Waals surface area contributed by atoms with Crippen molar-refractivity contribution in [3.05, 3.63) is 95.1 Å². The molecule has 1 unspecified atom stereocenters. The van der Waals surface area contributed by atoms with Crippen LogP contribution in [0.25, 0.3) is 0 Å². The Hall–Kier alpha value is -3.31. The van der Waals surface area contributed by atoms with Crippen molar-refractivity contribution in [1.29, 1.82) is 0 Å². The van der Waals surface area contributed by atoms with Gasteiger partial charge in [-0.3, -0.25) is 0 Å². The lowest BCUT2D eigenvalue weighted by Crippen LogP contribution is -2.37. The average Bonchev–Trinajstić information content (AvgIpc) is 2.84. The van der Waals surface area contributed by atoms with Gasteiger partial charge < -0.3 is 20.9 Å². The molecule has 5 nitrogen and oxygen atoms in total. The quantitative estimate of drug-likeness (QED) is 0.309. The molecule has 0 fully saturated rings. The van der Waals surface area contributed by atoms with Crippen molar-refractivity contribution in [3.8, 4) is 0 Å². The number of benzene rings is 3. The average molecular weight is 473 g/mol. The van der Waals surface area contributed by atoms with E-state index in [-0.39, 0.29) is 12.1 Å². The Labute approximate surface area is 210 Å². The standard InChI is InChI=1S/C30H40N4O/c1-21(2)26-13-10-14-27(22(3)4)29(26)33-30(35)32-20-28(24-11-8-7-9-12-24)31-19-23-15-17-25(18-16-23)34(5)6/h7-18,21-22,28,31H,19-20H2,1-6H3,(H2,32,33,35). The Morgan fingerprint density at radius 1 is 0.800 bits per heavy atom. The fourth-order valence-electron chi connectivity index (χ4n) is 4.19. The molecular formula is C30H40N4O. The summed E-state index contributed by atoms with van der Waals surface area (Å²) in [6.07, 6.45) is 0. The lowest BCUT2D eigenvalue weighted by Gasteiger charge is -2.23. The maximum Gasteiger partial charge on any atom is 0.319 e. The van der Waals surface area contributed by atoms with E-state index >= 15 is 0 Å². The predicted octanol–water partition coefficient (Wildman–Crippen LogP) is 6.65. The van der Waals surface area contributed by atoms with E-state index in [1.54, 1.807) is 0 Å². The summed E-state index contributed by atoms with van der Waals surface area (Å²) in [5.41, 5.74) is 6.77. The second-order valence-electron chi connectivity index (χ2n) is 9.86. The van der Waals surface area contributed by atoms with E-state index in [1.165, 1.54) is 11.3 Å². The summed E-state index contributed by atoms with van der Waals surface area (Å²) >= 11 is 0. The summed E-state index contributed by atoms with van der Waals surface area (Å²) in [6, 6.07) is 24.9. The first kappa shape index (κ1) is 26.3. The Kier molecular flexibility index (Phi) is 9.32. The van der Waals surface area contributed by atoms with Crippen molar-refractivity contribution in [2.45, 2.75) is 52.1 Å². The van der Waals surface area contributed by atoms with Gasteiger partial charge in [-0.1, -0.05) is 88.4 Å². The molecule has 0 bridgehead atoms. The first-order valence-electron chi connectivity index (χ1n) is 12.5. The van der Waals surface area contributed by atoms with Crippen LogP contribution < -0.4 is 20.9 Å². The minimum atomic E-state index is -0.182. The molecule has 0 aromatic heterocycles. The first-order chi connectivity index (χ1) is 16.8. The minimum absolute atomic E-state index is 0.0135. The van der Waals surface area contributed by atoms with Gasteiger partial charge in [0.1, 0.15) is 0 Å². The summed E-state index contributed by atoms with van der Waals surface area (Å²) in [4.78, 5) is 15.1. The van der Waals surface area contributed by atoms with Crippen LogP contribution >= 0.6 is 0 Å². The van der Waals surface area contributed by atoms with Crippen molar-refractivity contribution in [2.75, 3.05) is 30.9 Å². The monoisotopic (exact) mass is 472 g/mol. The highest BCUT2D eigenvalue weighted by atomic mass is 16.2. The number of hydrogen-bond acceptors (Lipinski definition) is 3. The lowest BCUT2D eigenvalue weighted by atomic mass is 9.93. The van der Waals surface area contributed by atoms with Crippen LogP contribution in [0.4, 0.5) is 16.2 Å². The van der Waals surface area contributed by atoms with Crippen LogP contribution in [0, 0.1) is 0 Å². The molecular weight excluding hydrogens is 432 g/mol. The van der Waals surface area contributed by atoms with Crippen LogP contribution in [0.5, 0.6) is 0 Å². The molecule has 2 amide bonds. The van der Waals surface area contributed by atoms with Gasteiger partial charge in [0.2, 0.25) is 0 Å². The van der Waals surface area contributed by atoms with E-state index in [1.807, 2.05) is 32.3 Å². The van der Waals surface area contributed by atoms with Gasteiger partial charge in [0.25, 0.3) is 0 Å². The van der Waals surface area contributed by atoms with Crippen molar-refractivity contribution >= 4 is 17.4 Å². The van der Waals surface area contributed by atoms with Crippen molar-refractivity contribution in [3.63, 3.8) is 0 Å². The van der Waals surface area contributed by atoms with E-state index in [0.29, 0.717) is 24.9 Å². The van der Waals surface area contributed by atoms with Gasteiger partial charge in [-0.15, -0.1) is 0 Å². The van der Waals surface area contributed by atoms with Gasteiger partial charge >= 0.3 is 6.03 Å². The van der Waals surface area contributed by atoms with Crippen LogP contribution in [-0.4, -0.2) is 26.7 Å². The molecule has 3 rings (SSSR count). The third-order valence-electron chi connectivity index (χ3n) is 6.29. The van der Waals surface area contributed by atoms with Gasteiger partial charge in [0.05, 0.1) is 0 Å². The number of para-hydroxylation sites is 1. The minimum Gasteiger partial charge on any atom is -0.378 e. The molecule has 35 heavy (non-hydrogen) atoms. The fraction of sp³-hybridized carbons (Fsp3) is 0.367. The van der Waals surface area contributed by atoms with Crippen molar-refractivity contribution in [1.82, 2.24) is 10.6 Å². The molecule has 0 aliphatic carbocycles. The van der Waals surface area contributed by atoms with Gasteiger partial charge in [0.15, 0.2) is 0 Å². The Morgan fingerprint density at radius 3 is 1.94 bits per heavy atom. The SMILES string of the molecule is CC(C)c1cccc(C(C)C)c1NC(=O)NCC(NCc1ccc(N(C)C)cc1)c1ccccc1. The highest BCUT2D eigenvalue weighted by Crippen LogP contribution is 2.32. The fourth-order valence-corrected chi connectivity index (χ4v) is 4.19. The van der Waals surface area contributed by atoms with E-state index in [9.17, 15) is 4.79 Å². The summed E-state index contributed by atoms with van der Waals surface area (Å²) in [7, 11) is 4.08. The van der Waals surface area contributed by atoms with E-state index in [0.717, 1.165) is 22.4 Å². The van der Waals surface area contributed by atoms with Crippen LogP contribution in [0.3, 0.4) is 0 Å². The Balaban J connectivity index is 1.70. The van der Waals surface area contributed by atoms with Crippen molar-refractivity contribution < 1.29 is 4.79 Å². The first-order valence-corrected chi connectivity index (χ1v) is 12.5. The smallest absolute Gasteiger partial charge is 0.319 e. The molecule has 0 saturated carbocycles. The summed E-state index contributed by atoms with van der Waals surface area (Å²) in [5.74, 6) is 0.642. The van der Waals surface area contributed by atoms with Crippen LogP contribution in [0.1, 0.15) is 67.8 Å². The zero-order valence-corrected chi connectivity index (χ0v) is 21.9. The molecule has 186 valence electrons. The number of urea groups is 1. The number of carbonyl (C=O) groups excluding carboxylic acids is 1.